The normalized spacial score (nSPS) is 17.8. The molecule has 0 radical (unpaired) electrons. The maximum atomic E-state index is 12.0. The van der Waals surface area contributed by atoms with Crippen molar-refractivity contribution in [3.8, 4) is 0 Å². The standard InChI is InChI=1S/C14H13NOS/c16-14(13-6-3-9-17-13)15-12-8-7-10-4-1-2-5-11(10)12/h1-6,9,12H,7-8H2,(H,15,16)/t12-/m1/s1. The molecule has 1 amide bonds. The highest BCUT2D eigenvalue weighted by molar-refractivity contribution is 7.12. The Morgan fingerprint density at radius 3 is 2.94 bits per heavy atom. The molecule has 0 saturated heterocycles. The van der Waals surface area contributed by atoms with Gasteiger partial charge in [-0.3, -0.25) is 4.79 Å². The van der Waals surface area contributed by atoms with Crippen LogP contribution in [0.25, 0.3) is 0 Å². The highest BCUT2D eigenvalue weighted by Gasteiger charge is 2.23. The van der Waals surface area contributed by atoms with Crippen LogP contribution in [0.15, 0.2) is 41.8 Å². The number of hydrogen-bond donors (Lipinski definition) is 1. The van der Waals surface area contributed by atoms with E-state index in [1.54, 1.807) is 0 Å². The molecule has 1 N–H and O–H groups in total. The summed E-state index contributed by atoms with van der Waals surface area (Å²) in [6.45, 7) is 0. The summed E-state index contributed by atoms with van der Waals surface area (Å²) >= 11 is 1.48. The number of fused-ring (bicyclic) bond motifs is 1. The van der Waals surface area contributed by atoms with E-state index in [0.29, 0.717) is 0 Å². The number of benzene rings is 1. The Bertz CT molecular complexity index is 533. The Hall–Kier alpha value is -1.61. The van der Waals surface area contributed by atoms with Crippen molar-refractivity contribution in [1.82, 2.24) is 5.32 Å². The lowest BCUT2D eigenvalue weighted by atomic mass is 10.1. The molecule has 1 aromatic heterocycles. The Morgan fingerprint density at radius 1 is 1.24 bits per heavy atom. The molecule has 1 aliphatic carbocycles. The molecule has 3 rings (SSSR count). The summed E-state index contributed by atoms with van der Waals surface area (Å²) in [5, 5.41) is 5.04. The lowest BCUT2D eigenvalue weighted by molar-refractivity contribution is 0.0941. The number of rotatable bonds is 2. The van der Waals surface area contributed by atoms with Crippen LogP contribution in [-0.2, 0) is 6.42 Å². The Balaban J connectivity index is 1.78. The molecule has 0 unspecified atom stereocenters. The van der Waals surface area contributed by atoms with Crippen molar-refractivity contribution in [1.29, 1.82) is 0 Å². The van der Waals surface area contributed by atoms with Crippen molar-refractivity contribution in [3.63, 3.8) is 0 Å². The molecule has 0 aliphatic heterocycles. The van der Waals surface area contributed by atoms with Gasteiger partial charge >= 0.3 is 0 Å². The van der Waals surface area contributed by atoms with E-state index in [9.17, 15) is 4.79 Å². The number of carbonyl (C=O) groups excluding carboxylic acids is 1. The van der Waals surface area contributed by atoms with Gasteiger partial charge in [-0.05, 0) is 35.4 Å². The molecular formula is C14H13NOS. The molecule has 0 fully saturated rings. The maximum Gasteiger partial charge on any atom is 0.261 e. The summed E-state index contributed by atoms with van der Waals surface area (Å²) in [4.78, 5) is 12.8. The summed E-state index contributed by atoms with van der Waals surface area (Å²) in [6.07, 6.45) is 2.07. The second-order valence-electron chi connectivity index (χ2n) is 4.24. The SMILES string of the molecule is O=C(N[C@@H]1CCc2ccccc21)c1cccs1. The van der Waals surface area contributed by atoms with Gasteiger partial charge in [-0.1, -0.05) is 30.3 Å². The van der Waals surface area contributed by atoms with Crippen molar-refractivity contribution in [3.05, 3.63) is 57.8 Å². The molecule has 3 heteroatoms. The van der Waals surface area contributed by atoms with Crippen molar-refractivity contribution in [2.75, 3.05) is 0 Å². The van der Waals surface area contributed by atoms with E-state index in [2.05, 4.69) is 23.5 Å². The van der Waals surface area contributed by atoms with E-state index in [0.717, 1.165) is 17.7 Å². The molecule has 0 bridgehead atoms. The van der Waals surface area contributed by atoms with Gasteiger partial charge in [0.2, 0.25) is 0 Å². The minimum absolute atomic E-state index is 0.0432. The highest BCUT2D eigenvalue weighted by Crippen LogP contribution is 2.31. The monoisotopic (exact) mass is 243 g/mol. The maximum absolute atomic E-state index is 12.0. The number of nitrogens with one attached hydrogen (secondary N) is 1. The fraction of sp³-hybridized carbons (Fsp3) is 0.214. The van der Waals surface area contributed by atoms with Crippen molar-refractivity contribution >= 4 is 17.2 Å². The van der Waals surface area contributed by atoms with E-state index in [4.69, 9.17) is 0 Å². The van der Waals surface area contributed by atoms with Crippen LogP contribution >= 0.6 is 11.3 Å². The van der Waals surface area contributed by atoms with Gasteiger partial charge < -0.3 is 5.32 Å². The van der Waals surface area contributed by atoms with Crippen LogP contribution in [0.3, 0.4) is 0 Å². The van der Waals surface area contributed by atoms with Crippen molar-refractivity contribution < 1.29 is 4.79 Å². The average molecular weight is 243 g/mol. The molecule has 1 aromatic carbocycles. The topological polar surface area (TPSA) is 29.1 Å². The molecule has 2 aromatic rings. The zero-order valence-electron chi connectivity index (χ0n) is 9.35. The first-order chi connectivity index (χ1) is 8.34. The number of thiophene rings is 1. The van der Waals surface area contributed by atoms with Gasteiger partial charge in [0.25, 0.3) is 5.91 Å². The second-order valence-corrected chi connectivity index (χ2v) is 5.19. The summed E-state index contributed by atoms with van der Waals surface area (Å²) in [5.74, 6) is 0.0432. The zero-order valence-corrected chi connectivity index (χ0v) is 10.2. The van der Waals surface area contributed by atoms with Gasteiger partial charge in [0.15, 0.2) is 0 Å². The zero-order chi connectivity index (χ0) is 11.7. The molecule has 1 aliphatic rings. The molecule has 0 saturated carbocycles. The largest absolute Gasteiger partial charge is 0.345 e. The fourth-order valence-electron chi connectivity index (χ4n) is 2.34. The first kappa shape index (κ1) is 10.5. The summed E-state index contributed by atoms with van der Waals surface area (Å²) in [6, 6.07) is 12.3. The number of hydrogen-bond acceptors (Lipinski definition) is 2. The molecular weight excluding hydrogens is 230 g/mol. The van der Waals surface area contributed by atoms with E-state index >= 15 is 0 Å². The first-order valence-electron chi connectivity index (χ1n) is 5.77. The quantitative estimate of drug-likeness (QED) is 0.862. The van der Waals surface area contributed by atoms with Gasteiger partial charge in [-0.15, -0.1) is 11.3 Å². The molecule has 0 spiro atoms. The Kier molecular flexibility index (Phi) is 2.69. The summed E-state index contributed by atoms with van der Waals surface area (Å²) in [7, 11) is 0. The highest BCUT2D eigenvalue weighted by atomic mass is 32.1. The van der Waals surface area contributed by atoms with E-state index < -0.39 is 0 Å². The van der Waals surface area contributed by atoms with Crippen LogP contribution in [0.1, 0.15) is 33.3 Å². The van der Waals surface area contributed by atoms with Gasteiger partial charge in [-0.25, -0.2) is 0 Å². The average Bonchev–Trinajstić information content (AvgIpc) is 2.98. The fourth-order valence-corrected chi connectivity index (χ4v) is 2.97. The third kappa shape index (κ3) is 1.98. The summed E-state index contributed by atoms with van der Waals surface area (Å²) in [5.41, 5.74) is 2.64. The minimum Gasteiger partial charge on any atom is -0.345 e. The van der Waals surface area contributed by atoms with Gasteiger partial charge in [0.1, 0.15) is 0 Å². The summed E-state index contributed by atoms with van der Waals surface area (Å²) < 4.78 is 0. The van der Waals surface area contributed by atoms with E-state index in [1.807, 2.05) is 23.6 Å². The second kappa shape index (κ2) is 4.34. The third-order valence-corrected chi connectivity index (χ3v) is 4.05. The lowest BCUT2D eigenvalue weighted by Gasteiger charge is -2.13. The van der Waals surface area contributed by atoms with Gasteiger partial charge in [-0.2, -0.15) is 0 Å². The van der Waals surface area contributed by atoms with Crippen LogP contribution in [0.2, 0.25) is 0 Å². The smallest absolute Gasteiger partial charge is 0.261 e. The van der Waals surface area contributed by atoms with Crippen LogP contribution in [0.4, 0.5) is 0 Å². The van der Waals surface area contributed by atoms with Crippen LogP contribution in [0, 0.1) is 0 Å². The number of amides is 1. The van der Waals surface area contributed by atoms with Gasteiger partial charge in [0.05, 0.1) is 10.9 Å². The first-order valence-corrected chi connectivity index (χ1v) is 6.65. The van der Waals surface area contributed by atoms with Crippen LogP contribution in [0.5, 0.6) is 0 Å². The predicted octanol–water partition coefficient (Wildman–Crippen LogP) is 3.17. The van der Waals surface area contributed by atoms with Crippen molar-refractivity contribution in [2.24, 2.45) is 0 Å². The van der Waals surface area contributed by atoms with E-state index in [-0.39, 0.29) is 11.9 Å². The minimum atomic E-state index is 0.0432. The molecule has 1 heterocycles. The molecule has 17 heavy (non-hydrogen) atoms. The third-order valence-electron chi connectivity index (χ3n) is 3.18. The lowest BCUT2D eigenvalue weighted by Crippen LogP contribution is -2.26. The number of aryl methyl sites for hydroxylation is 1. The van der Waals surface area contributed by atoms with E-state index in [1.165, 1.54) is 22.5 Å². The van der Waals surface area contributed by atoms with Crippen molar-refractivity contribution in [2.45, 2.75) is 18.9 Å². The molecule has 1 atom stereocenters. The molecule has 86 valence electrons. The Morgan fingerprint density at radius 2 is 2.12 bits per heavy atom. The van der Waals surface area contributed by atoms with Crippen LogP contribution < -0.4 is 5.32 Å². The Labute approximate surface area is 104 Å². The van der Waals surface area contributed by atoms with Crippen LogP contribution in [-0.4, -0.2) is 5.91 Å². The number of carbonyl (C=O) groups is 1. The van der Waals surface area contributed by atoms with Gasteiger partial charge in [0, 0.05) is 0 Å². The predicted molar refractivity (Wildman–Crippen MR) is 69.3 cm³/mol. The molecule has 2 nitrogen and oxygen atoms in total.